The van der Waals surface area contributed by atoms with Crippen LogP contribution in [-0.4, -0.2) is 0 Å². The number of aryl methyl sites for hydroxylation is 1. The van der Waals surface area contributed by atoms with Crippen LogP contribution in [0.25, 0.3) is 11.1 Å². The van der Waals surface area contributed by atoms with Crippen LogP contribution in [0.4, 0.5) is 0 Å². The van der Waals surface area contributed by atoms with E-state index in [9.17, 15) is 0 Å². The highest BCUT2D eigenvalue weighted by Crippen LogP contribution is 2.23. The highest BCUT2D eigenvalue weighted by atomic mass is 14.6. The van der Waals surface area contributed by atoms with E-state index in [-0.39, 0.29) is 6.04 Å². The lowest BCUT2D eigenvalue weighted by molar-refractivity contribution is 0.819. The minimum atomic E-state index is 0.0868. The summed E-state index contributed by atoms with van der Waals surface area (Å²) in [5.41, 5.74) is 11.1. The van der Waals surface area contributed by atoms with Crippen LogP contribution in [0.2, 0.25) is 0 Å². The van der Waals surface area contributed by atoms with Gasteiger partial charge in [0.05, 0.1) is 0 Å². The van der Waals surface area contributed by atoms with Gasteiger partial charge < -0.3 is 5.73 Å². The fourth-order valence-electron chi connectivity index (χ4n) is 2.20. The molecular weight excluding hydrogens is 218 g/mol. The molecule has 0 aliphatic carbocycles. The second-order valence-electron chi connectivity index (χ2n) is 4.86. The minimum Gasteiger partial charge on any atom is -0.324 e. The molecule has 0 saturated heterocycles. The minimum absolute atomic E-state index is 0.0868. The fourth-order valence-corrected chi connectivity index (χ4v) is 2.20. The predicted molar refractivity (Wildman–Crippen MR) is 78.5 cm³/mol. The standard InChI is InChI=1S/C17H21N/c1-3-6-14-7-4-9-16(11-14)17-10-5-8-15(12-17)13(2)18/h4-5,7-13H,3,6,18H2,1-2H3. The van der Waals surface area contributed by atoms with Crippen molar-refractivity contribution in [2.45, 2.75) is 32.7 Å². The van der Waals surface area contributed by atoms with Gasteiger partial charge in [-0.2, -0.15) is 0 Å². The van der Waals surface area contributed by atoms with Gasteiger partial charge in [-0.15, -0.1) is 0 Å². The summed E-state index contributed by atoms with van der Waals surface area (Å²) >= 11 is 0. The van der Waals surface area contributed by atoms with E-state index in [1.165, 1.54) is 28.7 Å². The predicted octanol–water partition coefficient (Wildman–Crippen LogP) is 4.33. The fraction of sp³-hybridized carbons (Fsp3) is 0.294. The molecule has 0 spiro atoms. The van der Waals surface area contributed by atoms with Crippen molar-refractivity contribution in [3.8, 4) is 11.1 Å². The third-order valence-electron chi connectivity index (χ3n) is 3.21. The van der Waals surface area contributed by atoms with Crippen LogP contribution in [0.3, 0.4) is 0 Å². The lowest BCUT2D eigenvalue weighted by atomic mass is 9.98. The molecule has 1 atom stereocenters. The molecule has 0 fully saturated rings. The van der Waals surface area contributed by atoms with Gasteiger partial charge >= 0.3 is 0 Å². The van der Waals surface area contributed by atoms with Crippen molar-refractivity contribution in [1.29, 1.82) is 0 Å². The van der Waals surface area contributed by atoms with Crippen molar-refractivity contribution in [1.82, 2.24) is 0 Å². The van der Waals surface area contributed by atoms with E-state index in [1.807, 2.05) is 6.92 Å². The largest absolute Gasteiger partial charge is 0.324 e. The van der Waals surface area contributed by atoms with E-state index < -0.39 is 0 Å². The monoisotopic (exact) mass is 239 g/mol. The normalized spacial score (nSPS) is 12.4. The molecule has 0 aliphatic heterocycles. The summed E-state index contributed by atoms with van der Waals surface area (Å²) in [7, 11) is 0. The number of nitrogens with two attached hydrogens (primary N) is 1. The molecule has 0 saturated carbocycles. The molecule has 2 rings (SSSR count). The summed E-state index contributed by atoms with van der Waals surface area (Å²) in [6.45, 7) is 4.23. The summed E-state index contributed by atoms with van der Waals surface area (Å²) in [5, 5.41) is 0. The first-order valence-electron chi connectivity index (χ1n) is 6.65. The summed E-state index contributed by atoms with van der Waals surface area (Å²) in [6, 6.07) is 17.4. The molecule has 0 heterocycles. The second-order valence-corrected chi connectivity index (χ2v) is 4.86. The Balaban J connectivity index is 2.35. The van der Waals surface area contributed by atoms with Crippen molar-refractivity contribution in [2.24, 2.45) is 5.73 Å². The molecule has 0 aromatic heterocycles. The van der Waals surface area contributed by atoms with Crippen molar-refractivity contribution < 1.29 is 0 Å². The smallest absolute Gasteiger partial charge is 0.0266 e. The average Bonchev–Trinajstić information content (AvgIpc) is 2.39. The first-order chi connectivity index (χ1) is 8.70. The summed E-state index contributed by atoms with van der Waals surface area (Å²) < 4.78 is 0. The Bertz CT molecular complexity index is 515. The molecule has 2 aromatic carbocycles. The Morgan fingerprint density at radius 3 is 2.33 bits per heavy atom. The van der Waals surface area contributed by atoms with Crippen LogP contribution >= 0.6 is 0 Å². The first kappa shape index (κ1) is 12.8. The summed E-state index contributed by atoms with van der Waals surface area (Å²) in [4.78, 5) is 0. The van der Waals surface area contributed by atoms with Gasteiger partial charge in [0.25, 0.3) is 0 Å². The van der Waals surface area contributed by atoms with Crippen molar-refractivity contribution in [3.63, 3.8) is 0 Å². The van der Waals surface area contributed by atoms with Gasteiger partial charge in [0.15, 0.2) is 0 Å². The van der Waals surface area contributed by atoms with E-state index in [2.05, 4.69) is 55.5 Å². The van der Waals surface area contributed by atoms with Crippen molar-refractivity contribution in [3.05, 3.63) is 59.7 Å². The number of benzene rings is 2. The molecule has 2 aromatic rings. The number of rotatable bonds is 4. The topological polar surface area (TPSA) is 26.0 Å². The van der Waals surface area contributed by atoms with Gasteiger partial charge in [-0.1, -0.05) is 55.8 Å². The molecule has 0 bridgehead atoms. The van der Waals surface area contributed by atoms with Crippen molar-refractivity contribution >= 4 is 0 Å². The van der Waals surface area contributed by atoms with Gasteiger partial charge in [-0.3, -0.25) is 0 Å². The zero-order chi connectivity index (χ0) is 13.0. The Hall–Kier alpha value is -1.60. The quantitative estimate of drug-likeness (QED) is 0.844. The van der Waals surface area contributed by atoms with E-state index >= 15 is 0 Å². The second kappa shape index (κ2) is 5.83. The van der Waals surface area contributed by atoms with Crippen LogP contribution < -0.4 is 5.73 Å². The Kier molecular flexibility index (Phi) is 4.16. The van der Waals surface area contributed by atoms with Crippen molar-refractivity contribution in [2.75, 3.05) is 0 Å². The first-order valence-corrected chi connectivity index (χ1v) is 6.65. The molecule has 1 heteroatoms. The van der Waals surface area contributed by atoms with E-state index in [4.69, 9.17) is 5.73 Å². The molecule has 1 unspecified atom stereocenters. The van der Waals surface area contributed by atoms with Crippen LogP contribution in [0.1, 0.15) is 37.4 Å². The van der Waals surface area contributed by atoms with E-state index in [1.54, 1.807) is 0 Å². The lowest BCUT2D eigenvalue weighted by Crippen LogP contribution is -2.04. The highest BCUT2D eigenvalue weighted by Gasteiger charge is 2.03. The maximum Gasteiger partial charge on any atom is 0.0266 e. The molecule has 1 nitrogen and oxygen atoms in total. The molecular formula is C17H21N. The third kappa shape index (κ3) is 2.99. The molecule has 0 amide bonds. The summed E-state index contributed by atoms with van der Waals surface area (Å²) in [5.74, 6) is 0. The zero-order valence-electron chi connectivity index (χ0n) is 11.2. The van der Waals surface area contributed by atoms with Crippen LogP contribution in [0, 0.1) is 0 Å². The molecule has 0 radical (unpaired) electrons. The van der Waals surface area contributed by atoms with Gasteiger partial charge in [0.2, 0.25) is 0 Å². The number of hydrogen-bond acceptors (Lipinski definition) is 1. The van der Waals surface area contributed by atoms with Crippen LogP contribution in [-0.2, 0) is 6.42 Å². The third-order valence-corrected chi connectivity index (χ3v) is 3.21. The molecule has 94 valence electrons. The summed E-state index contributed by atoms with van der Waals surface area (Å²) in [6.07, 6.45) is 2.32. The maximum absolute atomic E-state index is 5.94. The van der Waals surface area contributed by atoms with E-state index in [0.29, 0.717) is 0 Å². The number of hydrogen-bond donors (Lipinski definition) is 1. The maximum atomic E-state index is 5.94. The molecule has 18 heavy (non-hydrogen) atoms. The van der Waals surface area contributed by atoms with Gasteiger partial charge in [-0.25, -0.2) is 0 Å². The average molecular weight is 239 g/mol. The van der Waals surface area contributed by atoms with E-state index in [0.717, 1.165) is 6.42 Å². The molecule has 2 N–H and O–H groups in total. The Morgan fingerprint density at radius 1 is 1.00 bits per heavy atom. The van der Waals surface area contributed by atoms with Gasteiger partial charge in [0.1, 0.15) is 0 Å². The van der Waals surface area contributed by atoms with Gasteiger partial charge in [-0.05, 0) is 41.7 Å². The van der Waals surface area contributed by atoms with Gasteiger partial charge in [0, 0.05) is 6.04 Å². The molecule has 0 aliphatic rings. The Morgan fingerprint density at radius 2 is 1.67 bits per heavy atom. The Labute approximate surface area is 110 Å². The zero-order valence-corrected chi connectivity index (χ0v) is 11.2. The SMILES string of the molecule is CCCc1cccc(-c2cccc(C(C)N)c2)c1. The lowest BCUT2D eigenvalue weighted by Gasteiger charge is -2.09. The highest BCUT2D eigenvalue weighted by molar-refractivity contribution is 5.65. The van der Waals surface area contributed by atoms with Crippen LogP contribution in [0.5, 0.6) is 0 Å². The van der Waals surface area contributed by atoms with Crippen LogP contribution in [0.15, 0.2) is 48.5 Å².